The van der Waals surface area contributed by atoms with Crippen LogP contribution in [-0.4, -0.2) is 57.7 Å². The molecule has 0 aromatic carbocycles. The molecule has 1 aliphatic carbocycles. The first-order chi connectivity index (χ1) is 8.06. The van der Waals surface area contributed by atoms with E-state index in [9.17, 15) is 14.7 Å². The van der Waals surface area contributed by atoms with Crippen molar-refractivity contribution in [3.63, 3.8) is 0 Å². The van der Waals surface area contributed by atoms with Crippen LogP contribution in [0.25, 0.3) is 0 Å². The third-order valence-corrected chi connectivity index (χ3v) is 4.83. The van der Waals surface area contributed by atoms with Gasteiger partial charge in [-0.1, -0.05) is 0 Å². The number of urea groups is 1. The monoisotopic (exact) mass is 258 g/mol. The fourth-order valence-electron chi connectivity index (χ4n) is 2.04. The van der Waals surface area contributed by atoms with Gasteiger partial charge in [0.25, 0.3) is 0 Å². The third-order valence-electron chi connectivity index (χ3n) is 3.37. The van der Waals surface area contributed by atoms with Crippen molar-refractivity contribution in [2.24, 2.45) is 5.92 Å². The van der Waals surface area contributed by atoms with Gasteiger partial charge in [0.1, 0.15) is 6.04 Å². The van der Waals surface area contributed by atoms with Crippen LogP contribution in [0.5, 0.6) is 0 Å². The van der Waals surface area contributed by atoms with Gasteiger partial charge in [-0.15, -0.1) is 11.8 Å². The summed E-state index contributed by atoms with van der Waals surface area (Å²) in [5.74, 6) is 0.122. The lowest BCUT2D eigenvalue weighted by molar-refractivity contribution is -0.141. The third kappa shape index (κ3) is 2.36. The van der Waals surface area contributed by atoms with Gasteiger partial charge in [-0.2, -0.15) is 0 Å². The number of carbonyl (C=O) groups excluding carboxylic acids is 1. The Morgan fingerprint density at radius 1 is 1.47 bits per heavy atom. The first-order valence-electron chi connectivity index (χ1n) is 5.94. The van der Waals surface area contributed by atoms with Crippen LogP contribution in [0, 0.1) is 5.92 Å². The van der Waals surface area contributed by atoms with Crippen LogP contribution in [0.2, 0.25) is 0 Å². The summed E-state index contributed by atoms with van der Waals surface area (Å²) in [5, 5.41) is 9.25. The number of carbonyl (C=O) groups is 2. The van der Waals surface area contributed by atoms with E-state index in [1.807, 2.05) is 6.92 Å². The molecule has 2 atom stereocenters. The predicted molar refractivity (Wildman–Crippen MR) is 65.9 cm³/mol. The molecule has 2 fully saturated rings. The topological polar surface area (TPSA) is 60.9 Å². The molecule has 1 N–H and O–H groups in total. The lowest BCUT2D eigenvalue weighted by atomic mass is 10.2. The number of hydrogen-bond acceptors (Lipinski definition) is 3. The van der Waals surface area contributed by atoms with E-state index in [-0.39, 0.29) is 11.4 Å². The van der Waals surface area contributed by atoms with Crippen molar-refractivity contribution in [2.45, 2.75) is 31.2 Å². The van der Waals surface area contributed by atoms with Crippen molar-refractivity contribution in [1.29, 1.82) is 0 Å². The molecule has 0 aromatic heterocycles. The molecule has 6 heteroatoms. The van der Waals surface area contributed by atoms with E-state index in [2.05, 4.69) is 0 Å². The number of thioether (sulfide) groups is 1. The summed E-state index contributed by atoms with van der Waals surface area (Å²) >= 11 is 1.61. The van der Waals surface area contributed by atoms with E-state index in [1.54, 1.807) is 28.6 Å². The second-order valence-corrected chi connectivity index (χ2v) is 5.77. The maximum Gasteiger partial charge on any atom is 0.327 e. The van der Waals surface area contributed by atoms with Crippen molar-refractivity contribution in [1.82, 2.24) is 9.80 Å². The van der Waals surface area contributed by atoms with E-state index < -0.39 is 12.0 Å². The Morgan fingerprint density at radius 2 is 2.12 bits per heavy atom. The first kappa shape index (κ1) is 12.5. The molecular weight excluding hydrogens is 240 g/mol. The zero-order valence-electron chi connectivity index (χ0n) is 10.1. The van der Waals surface area contributed by atoms with Crippen molar-refractivity contribution in [3.8, 4) is 0 Å². The molecule has 0 bridgehead atoms. The number of amides is 2. The average Bonchev–Trinajstić information content (AvgIpc) is 3.05. The van der Waals surface area contributed by atoms with Crippen LogP contribution in [0.1, 0.15) is 19.8 Å². The highest BCUT2D eigenvalue weighted by atomic mass is 32.2. The summed E-state index contributed by atoms with van der Waals surface area (Å²) in [7, 11) is 1.72. The van der Waals surface area contributed by atoms with Gasteiger partial charge < -0.3 is 10.0 Å². The van der Waals surface area contributed by atoms with E-state index in [0.717, 1.165) is 12.8 Å². The Bertz CT molecular complexity index is 333. The molecule has 1 saturated heterocycles. The van der Waals surface area contributed by atoms with Gasteiger partial charge >= 0.3 is 12.0 Å². The van der Waals surface area contributed by atoms with E-state index in [0.29, 0.717) is 18.2 Å². The molecule has 2 amide bonds. The van der Waals surface area contributed by atoms with E-state index >= 15 is 0 Å². The molecule has 2 unspecified atom stereocenters. The summed E-state index contributed by atoms with van der Waals surface area (Å²) in [4.78, 5) is 26.6. The lowest BCUT2D eigenvalue weighted by Gasteiger charge is -2.31. The zero-order chi connectivity index (χ0) is 12.6. The maximum absolute atomic E-state index is 12.2. The van der Waals surface area contributed by atoms with Gasteiger partial charge in [0, 0.05) is 19.3 Å². The fraction of sp³-hybridized carbons (Fsp3) is 0.818. The molecule has 17 heavy (non-hydrogen) atoms. The number of hydrogen-bond donors (Lipinski definition) is 1. The SMILES string of the molecule is CCN(C)C(=O)N1C(C(=O)O)CSC1C1CC1. The summed E-state index contributed by atoms with van der Waals surface area (Å²) < 4.78 is 0. The van der Waals surface area contributed by atoms with Crippen LogP contribution in [0.4, 0.5) is 4.79 Å². The second kappa shape index (κ2) is 4.76. The normalized spacial score (nSPS) is 28.2. The van der Waals surface area contributed by atoms with Crippen LogP contribution < -0.4 is 0 Å². The Labute approximate surface area is 105 Å². The minimum atomic E-state index is -0.890. The fourth-order valence-corrected chi connectivity index (χ4v) is 3.66. The van der Waals surface area contributed by atoms with Gasteiger partial charge in [0.2, 0.25) is 0 Å². The van der Waals surface area contributed by atoms with Crippen LogP contribution >= 0.6 is 11.8 Å². The largest absolute Gasteiger partial charge is 0.480 e. The second-order valence-electron chi connectivity index (χ2n) is 4.62. The summed E-state index contributed by atoms with van der Waals surface area (Å²) in [6.45, 7) is 2.49. The molecule has 0 aromatic rings. The molecule has 1 aliphatic heterocycles. The Morgan fingerprint density at radius 3 is 2.59 bits per heavy atom. The molecule has 1 heterocycles. The summed E-state index contributed by atoms with van der Waals surface area (Å²) in [6, 6.07) is -0.811. The summed E-state index contributed by atoms with van der Waals surface area (Å²) in [6.07, 6.45) is 2.23. The van der Waals surface area contributed by atoms with Crippen molar-refractivity contribution >= 4 is 23.8 Å². The Hall–Kier alpha value is -0.910. The van der Waals surface area contributed by atoms with Crippen LogP contribution in [-0.2, 0) is 4.79 Å². The average molecular weight is 258 g/mol. The first-order valence-corrected chi connectivity index (χ1v) is 6.99. The quantitative estimate of drug-likeness (QED) is 0.829. The van der Waals surface area contributed by atoms with Crippen molar-refractivity contribution in [2.75, 3.05) is 19.3 Å². The van der Waals surface area contributed by atoms with Crippen molar-refractivity contribution < 1.29 is 14.7 Å². The van der Waals surface area contributed by atoms with Crippen molar-refractivity contribution in [3.05, 3.63) is 0 Å². The van der Waals surface area contributed by atoms with Gasteiger partial charge in [0.15, 0.2) is 0 Å². The number of carboxylic acid groups (broad SMARTS) is 1. The summed E-state index contributed by atoms with van der Waals surface area (Å²) in [5.41, 5.74) is 0. The molecule has 96 valence electrons. The van der Waals surface area contributed by atoms with E-state index in [1.165, 1.54) is 0 Å². The molecule has 1 saturated carbocycles. The number of rotatable bonds is 3. The highest BCUT2D eigenvalue weighted by Gasteiger charge is 2.48. The molecular formula is C11H18N2O3S. The number of nitrogens with zero attached hydrogens (tertiary/aromatic N) is 2. The molecule has 2 rings (SSSR count). The minimum Gasteiger partial charge on any atom is -0.480 e. The van der Waals surface area contributed by atoms with Gasteiger partial charge in [-0.05, 0) is 25.7 Å². The number of carboxylic acids is 1. The molecule has 0 spiro atoms. The molecule has 0 radical (unpaired) electrons. The zero-order valence-corrected chi connectivity index (χ0v) is 10.9. The minimum absolute atomic E-state index is 0.0672. The number of aliphatic carboxylic acids is 1. The highest BCUT2D eigenvalue weighted by molar-refractivity contribution is 8.00. The standard InChI is InChI=1S/C11H18N2O3S/c1-3-12(2)11(16)13-8(10(14)15)6-17-9(13)7-4-5-7/h7-9H,3-6H2,1-2H3,(H,14,15). The van der Waals surface area contributed by atoms with Gasteiger partial charge in [-0.3, -0.25) is 4.90 Å². The maximum atomic E-state index is 12.2. The highest BCUT2D eigenvalue weighted by Crippen LogP contribution is 2.45. The van der Waals surface area contributed by atoms with Crippen LogP contribution in [0.3, 0.4) is 0 Å². The van der Waals surface area contributed by atoms with Gasteiger partial charge in [-0.25, -0.2) is 9.59 Å². The Balaban J connectivity index is 2.16. The van der Waals surface area contributed by atoms with Gasteiger partial charge in [0.05, 0.1) is 5.37 Å². The lowest BCUT2D eigenvalue weighted by Crippen LogP contribution is -2.51. The van der Waals surface area contributed by atoms with E-state index in [4.69, 9.17) is 0 Å². The predicted octanol–water partition coefficient (Wildman–Crippen LogP) is 1.30. The Kier molecular flexibility index (Phi) is 3.51. The molecule has 2 aliphatic rings. The van der Waals surface area contributed by atoms with Crippen LogP contribution in [0.15, 0.2) is 0 Å². The smallest absolute Gasteiger partial charge is 0.327 e. The molecule has 5 nitrogen and oxygen atoms in total.